The number of benzene rings is 4. The Hall–Kier alpha value is -5.01. The molecule has 0 saturated carbocycles. The summed E-state index contributed by atoms with van der Waals surface area (Å²) in [6.45, 7) is 0.429. The molecule has 0 aliphatic heterocycles. The molecule has 1 atom stereocenters. The predicted molar refractivity (Wildman–Crippen MR) is 164 cm³/mol. The molecule has 7 heteroatoms. The lowest BCUT2D eigenvalue weighted by molar-refractivity contribution is -0.137. The third kappa shape index (κ3) is 6.82. The topological polar surface area (TPSA) is 100 Å². The van der Waals surface area contributed by atoms with Gasteiger partial charge in [0, 0.05) is 41.7 Å². The zero-order valence-electron chi connectivity index (χ0n) is 23.1. The molecule has 0 bridgehead atoms. The lowest BCUT2D eigenvalue weighted by atomic mass is 9.84. The first-order valence-electron chi connectivity index (χ1n) is 14.0. The number of hydrogen-bond donors (Lipinski definition) is 3. The van der Waals surface area contributed by atoms with Crippen LogP contribution in [0.3, 0.4) is 0 Å². The number of carbonyl (C=O) groups is 3. The Morgan fingerprint density at radius 1 is 0.714 bits per heavy atom. The third-order valence-corrected chi connectivity index (χ3v) is 7.39. The van der Waals surface area contributed by atoms with Gasteiger partial charge in [-0.1, -0.05) is 109 Å². The first kappa shape index (κ1) is 28.5. The summed E-state index contributed by atoms with van der Waals surface area (Å²) in [4.78, 5) is 38.2. The molecule has 4 aromatic carbocycles. The summed E-state index contributed by atoms with van der Waals surface area (Å²) in [5.41, 5.74) is 3.98. The number of hydrogen-bond acceptors (Lipinski definition) is 4. The third-order valence-electron chi connectivity index (χ3n) is 7.39. The van der Waals surface area contributed by atoms with Crippen LogP contribution < -0.4 is 10.6 Å². The van der Waals surface area contributed by atoms with Gasteiger partial charge in [-0.15, -0.1) is 0 Å². The van der Waals surface area contributed by atoms with E-state index in [1.807, 2.05) is 84.9 Å². The molecule has 0 saturated heterocycles. The molecule has 0 aliphatic rings. The zero-order chi connectivity index (χ0) is 29.3. The molecule has 1 amide bonds. The largest absolute Gasteiger partial charge is 0.480 e. The van der Waals surface area contributed by atoms with Crippen LogP contribution in [-0.2, 0) is 11.3 Å². The highest BCUT2D eigenvalue weighted by Crippen LogP contribution is 2.30. The molecule has 5 rings (SSSR count). The summed E-state index contributed by atoms with van der Waals surface area (Å²) in [5.74, 6) is -1.29. The molecule has 0 aliphatic carbocycles. The van der Waals surface area contributed by atoms with Gasteiger partial charge in [0.2, 0.25) is 0 Å². The summed E-state index contributed by atoms with van der Waals surface area (Å²) in [5, 5.41) is 16.3. The molecule has 1 aromatic heterocycles. The number of rotatable bonds is 13. The maximum Gasteiger partial charge on any atom is 0.323 e. The number of carbonyl (C=O) groups excluding carboxylic acids is 2. The van der Waals surface area contributed by atoms with E-state index in [0.717, 1.165) is 11.1 Å². The number of amides is 1. The summed E-state index contributed by atoms with van der Waals surface area (Å²) in [6.07, 6.45) is 2.12. The highest BCUT2D eigenvalue weighted by molar-refractivity contribution is 6.07. The Morgan fingerprint density at radius 3 is 1.90 bits per heavy atom. The molecular formula is C35H33N3O4. The number of ketones is 1. The number of carboxylic acid groups (broad SMARTS) is 1. The van der Waals surface area contributed by atoms with Gasteiger partial charge in [-0.3, -0.25) is 14.4 Å². The van der Waals surface area contributed by atoms with Gasteiger partial charge in [0.1, 0.15) is 6.54 Å². The van der Waals surface area contributed by atoms with E-state index in [-0.39, 0.29) is 30.7 Å². The maximum atomic E-state index is 13.7. The molecule has 0 fully saturated rings. The Morgan fingerprint density at radius 2 is 1.29 bits per heavy atom. The molecule has 0 spiro atoms. The van der Waals surface area contributed by atoms with Gasteiger partial charge in [0.25, 0.3) is 5.91 Å². The minimum absolute atomic E-state index is 0.00414. The van der Waals surface area contributed by atoms with Gasteiger partial charge >= 0.3 is 5.97 Å². The fourth-order valence-corrected chi connectivity index (χ4v) is 5.38. The molecule has 42 heavy (non-hydrogen) atoms. The molecular weight excluding hydrogens is 526 g/mol. The van der Waals surface area contributed by atoms with E-state index >= 15 is 0 Å². The number of carboxylic acids is 1. The number of Topliss-reactive ketones (excluding diaryl/α,β-unsaturated/α-hetero) is 1. The molecule has 1 heterocycles. The fourth-order valence-electron chi connectivity index (χ4n) is 5.38. The summed E-state index contributed by atoms with van der Waals surface area (Å²) in [6, 6.07) is 36.4. The first-order chi connectivity index (χ1) is 20.5. The van der Waals surface area contributed by atoms with Gasteiger partial charge in [-0.2, -0.15) is 0 Å². The predicted octanol–water partition coefficient (Wildman–Crippen LogP) is 5.52. The van der Waals surface area contributed by atoms with E-state index in [1.165, 1.54) is 0 Å². The van der Waals surface area contributed by atoms with Crippen molar-refractivity contribution in [3.05, 3.63) is 144 Å². The summed E-state index contributed by atoms with van der Waals surface area (Å²) >= 11 is 0. The Labute approximate surface area is 244 Å². The number of aromatic nitrogens is 1. The monoisotopic (exact) mass is 559 g/mol. The van der Waals surface area contributed by atoms with E-state index in [9.17, 15) is 19.5 Å². The van der Waals surface area contributed by atoms with Gasteiger partial charge in [0.15, 0.2) is 5.78 Å². The van der Waals surface area contributed by atoms with Crippen molar-refractivity contribution in [2.75, 3.05) is 13.1 Å². The second-order valence-electron chi connectivity index (χ2n) is 10.2. The van der Waals surface area contributed by atoms with Crippen molar-refractivity contribution in [3.8, 4) is 0 Å². The van der Waals surface area contributed by atoms with Crippen molar-refractivity contribution in [3.63, 3.8) is 0 Å². The number of para-hydroxylation sites is 1. The molecule has 3 N–H and O–H groups in total. The normalized spacial score (nSPS) is 11.8. The molecule has 212 valence electrons. The minimum Gasteiger partial charge on any atom is -0.480 e. The summed E-state index contributed by atoms with van der Waals surface area (Å²) in [7, 11) is 0. The number of aliphatic carboxylic acids is 1. The van der Waals surface area contributed by atoms with Gasteiger partial charge in [-0.25, -0.2) is 0 Å². The highest BCUT2D eigenvalue weighted by Gasteiger charge is 2.26. The van der Waals surface area contributed by atoms with Gasteiger partial charge < -0.3 is 20.3 Å². The van der Waals surface area contributed by atoms with Crippen LogP contribution in [0.1, 0.15) is 44.2 Å². The maximum absolute atomic E-state index is 13.7. The molecule has 5 aromatic rings. The average Bonchev–Trinajstić information content (AvgIpc) is 3.39. The molecule has 0 radical (unpaired) electrons. The van der Waals surface area contributed by atoms with Crippen LogP contribution in [0.5, 0.6) is 0 Å². The van der Waals surface area contributed by atoms with Crippen molar-refractivity contribution < 1.29 is 19.5 Å². The number of fused-ring (bicyclic) bond motifs is 1. The Bertz CT molecular complexity index is 1610. The van der Waals surface area contributed by atoms with Crippen LogP contribution in [0.25, 0.3) is 10.9 Å². The van der Waals surface area contributed by atoms with Crippen molar-refractivity contribution >= 4 is 28.6 Å². The Kier molecular flexibility index (Phi) is 9.21. The second-order valence-corrected chi connectivity index (χ2v) is 10.2. The minimum atomic E-state index is -0.981. The molecule has 7 nitrogen and oxygen atoms in total. The van der Waals surface area contributed by atoms with Crippen LogP contribution in [0, 0.1) is 0 Å². The zero-order valence-corrected chi connectivity index (χ0v) is 23.1. The van der Waals surface area contributed by atoms with Crippen molar-refractivity contribution in [2.24, 2.45) is 0 Å². The van der Waals surface area contributed by atoms with Crippen molar-refractivity contribution in [1.29, 1.82) is 0 Å². The van der Waals surface area contributed by atoms with Crippen LogP contribution in [-0.4, -0.2) is 46.5 Å². The van der Waals surface area contributed by atoms with Gasteiger partial charge in [0.05, 0.1) is 11.6 Å². The fraction of sp³-hybridized carbons (Fsp3) is 0.171. The summed E-state index contributed by atoms with van der Waals surface area (Å²) < 4.78 is 1.56. The van der Waals surface area contributed by atoms with E-state index in [1.54, 1.807) is 16.8 Å². The Balaban J connectivity index is 1.32. The smallest absolute Gasteiger partial charge is 0.323 e. The first-order valence-corrected chi connectivity index (χ1v) is 14.0. The van der Waals surface area contributed by atoms with Crippen LogP contribution in [0.2, 0.25) is 0 Å². The second kappa shape index (κ2) is 13.6. The van der Waals surface area contributed by atoms with Crippen molar-refractivity contribution in [1.82, 2.24) is 15.2 Å². The highest BCUT2D eigenvalue weighted by atomic mass is 16.4. The van der Waals surface area contributed by atoms with E-state index < -0.39 is 12.0 Å². The lowest BCUT2D eigenvalue weighted by Crippen LogP contribution is -2.42. The van der Waals surface area contributed by atoms with E-state index in [2.05, 4.69) is 34.9 Å². The quantitative estimate of drug-likeness (QED) is 0.130. The standard InChI is InChI=1S/C35H33N3O4/c39-33(40)24-38-23-30(28-18-10-11-19-32(28)38)35(42)37-21-20-36-31(34(41)27-16-8-3-9-17-27)22-29(25-12-4-1-5-13-25)26-14-6-2-7-15-26/h1-19,23,29,31,36H,20-22,24H2,(H,37,42)(H,39,40). The average molecular weight is 560 g/mol. The van der Waals surface area contributed by atoms with E-state index in [0.29, 0.717) is 35.0 Å². The number of nitrogens with zero attached hydrogens (tertiary/aromatic N) is 1. The van der Waals surface area contributed by atoms with Crippen LogP contribution in [0.15, 0.2) is 121 Å². The van der Waals surface area contributed by atoms with Crippen molar-refractivity contribution in [2.45, 2.75) is 24.9 Å². The van der Waals surface area contributed by atoms with E-state index in [4.69, 9.17) is 0 Å². The molecule has 1 unspecified atom stereocenters. The van der Waals surface area contributed by atoms with Gasteiger partial charge in [-0.05, 0) is 23.6 Å². The number of nitrogens with one attached hydrogen (secondary N) is 2. The van der Waals surface area contributed by atoms with Crippen LogP contribution in [0.4, 0.5) is 0 Å². The van der Waals surface area contributed by atoms with Crippen LogP contribution >= 0.6 is 0 Å². The lowest BCUT2D eigenvalue weighted by Gasteiger charge is -2.25. The SMILES string of the molecule is O=C(O)Cn1cc(C(=O)NCCNC(CC(c2ccccc2)c2ccccc2)C(=O)c2ccccc2)c2ccccc21.